The number of hydrogen-bond acceptors (Lipinski definition) is 5. The number of nitrogens with zero attached hydrogens (tertiary/aromatic N) is 2. The first-order chi connectivity index (χ1) is 9.31. The fourth-order valence-corrected chi connectivity index (χ4v) is 3.25. The van der Waals surface area contributed by atoms with Gasteiger partial charge in [-0.3, -0.25) is 10.00 Å². The highest BCUT2D eigenvalue weighted by Crippen LogP contribution is 2.27. The lowest BCUT2D eigenvalue weighted by Crippen LogP contribution is -2.31. The smallest absolute Gasteiger partial charge is 0.0900 e. The quantitative estimate of drug-likeness (QED) is 0.890. The van der Waals surface area contributed by atoms with Gasteiger partial charge in [0.1, 0.15) is 0 Å². The van der Waals surface area contributed by atoms with E-state index in [0.29, 0.717) is 19.8 Å². The Labute approximate surface area is 115 Å². The van der Waals surface area contributed by atoms with Crippen molar-refractivity contribution in [3.63, 3.8) is 0 Å². The molecule has 102 valence electrons. The third kappa shape index (κ3) is 3.22. The van der Waals surface area contributed by atoms with Gasteiger partial charge < -0.3 is 9.84 Å². The Morgan fingerprint density at radius 3 is 3.26 bits per heavy atom. The number of aliphatic hydroxyl groups excluding tert-OH is 1. The van der Waals surface area contributed by atoms with E-state index in [1.165, 1.54) is 9.75 Å². The standard InChI is InChI=1S/C13H17N3O2S/c17-10-7-16(5-6-18-9-10)8-11-1-2-13(19-11)12-3-4-14-15-12/h1-4,10,17H,5-9H2,(H,14,15). The molecule has 1 aliphatic heterocycles. The van der Waals surface area contributed by atoms with Crippen LogP contribution in [0.4, 0.5) is 0 Å². The molecule has 0 amide bonds. The van der Waals surface area contributed by atoms with E-state index in [2.05, 4.69) is 27.2 Å². The molecule has 0 bridgehead atoms. The molecule has 2 aromatic heterocycles. The molecular formula is C13H17N3O2S. The molecule has 1 aliphatic rings. The summed E-state index contributed by atoms with van der Waals surface area (Å²) in [6.07, 6.45) is 1.38. The van der Waals surface area contributed by atoms with Crippen LogP contribution in [0.25, 0.3) is 10.6 Å². The summed E-state index contributed by atoms with van der Waals surface area (Å²) in [5.41, 5.74) is 1.05. The monoisotopic (exact) mass is 279 g/mol. The van der Waals surface area contributed by atoms with E-state index in [4.69, 9.17) is 4.74 Å². The highest BCUT2D eigenvalue weighted by Gasteiger charge is 2.17. The molecule has 5 nitrogen and oxygen atoms in total. The highest BCUT2D eigenvalue weighted by molar-refractivity contribution is 7.15. The third-order valence-corrected chi connectivity index (χ3v) is 4.24. The number of aromatic amines is 1. The zero-order valence-corrected chi connectivity index (χ0v) is 11.4. The van der Waals surface area contributed by atoms with Crippen molar-refractivity contribution in [1.29, 1.82) is 0 Å². The van der Waals surface area contributed by atoms with Crippen LogP contribution in [0.15, 0.2) is 24.4 Å². The topological polar surface area (TPSA) is 61.4 Å². The number of H-pyrrole nitrogens is 1. The van der Waals surface area contributed by atoms with Crippen LogP contribution in [0.3, 0.4) is 0 Å². The number of β-amino-alcohol motifs (C(OH)–C–C–N with tert-alkyl or cyclic N) is 1. The van der Waals surface area contributed by atoms with Gasteiger partial charge in [0.05, 0.1) is 29.9 Å². The summed E-state index contributed by atoms with van der Waals surface area (Å²) in [5.74, 6) is 0. The Bertz CT molecular complexity index is 512. The summed E-state index contributed by atoms with van der Waals surface area (Å²) in [4.78, 5) is 4.72. The van der Waals surface area contributed by atoms with Gasteiger partial charge in [0, 0.05) is 30.7 Å². The van der Waals surface area contributed by atoms with Gasteiger partial charge in [-0.15, -0.1) is 11.3 Å². The molecule has 2 aromatic rings. The second kappa shape index (κ2) is 5.83. The van der Waals surface area contributed by atoms with Crippen LogP contribution in [-0.2, 0) is 11.3 Å². The number of aromatic nitrogens is 2. The lowest BCUT2D eigenvalue weighted by molar-refractivity contribution is 0.0562. The zero-order chi connectivity index (χ0) is 13.1. The molecule has 1 atom stereocenters. The van der Waals surface area contributed by atoms with E-state index in [-0.39, 0.29) is 6.10 Å². The first-order valence-corrected chi connectivity index (χ1v) is 7.19. The largest absolute Gasteiger partial charge is 0.389 e. The molecular weight excluding hydrogens is 262 g/mol. The van der Waals surface area contributed by atoms with Crippen molar-refractivity contribution >= 4 is 11.3 Å². The van der Waals surface area contributed by atoms with Gasteiger partial charge in [0.15, 0.2) is 0 Å². The van der Waals surface area contributed by atoms with E-state index in [9.17, 15) is 5.11 Å². The number of thiophene rings is 1. The fraction of sp³-hybridized carbons (Fsp3) is 0.462. The minimum atomic E-state index is -0.380. The van der Waals surface area contributed by atoms with E-state index in [1.807, 2.05) is 6.07 Å². The normalized spacial score (nSPS) is 21.4. The maximum atomic E-state index is 9.72. The molecule has 6 heteroatoms. The first kappa shape index (κ1) is 12.8. The Morgan fingerprint density at radius 1 is 1.47 bits per heavy atom. The summed E-state index contributed by atoms with van der Waals surface area (Å²) in [6.45, 7) is 3.54. The molecule has 3 rings (SSSR count). The van der Waals surface area contributed by atoms with E-state index >= 15 is 0 Å². The highest BCUT2D eigenvalue weighted by atomic mass is 32.1. The predicted molar refractivity (Wildman–Crippen MR) is 74.0 cm³/mol. The third-order valence-electron chi connectivity index (χ3n) is 3.14. The predicted octanol–water partition coefficient (Wildman–Crippen LogP) is 1.33. The number of nitrogens with one attached hydrogen (secondary N) is 1. The molecule has 0 aromatic carbocycles. The van der Waals surface area contributed by atoms with Gasteiger partial charge in [-0.2, -0.15) is 5.10 Å². The molecule has 1 unspecified atom stereocenters. The van der Waals surface area contributed by atoms with Gasteiger partial charge in [-0.25, -0.2) is 0 Å². The van der Waals surface area contributed by atoms with Crippen molar-refractivity contribution in [2.75, 3.05) is 26.3 Å². The van der Waals surface area contributed by atoms with Gasteiger partial charge in [-0.1, -0.05) is 0 Å². The summed E-state index contributed by atoms with van der Waals surface area (Å²) < 4.78 is 5.34. The van der Waals surface area contributed by atoms with Crippen molar-refractivity contribution < 1.29 is 9.84 Å². The van der Waals surface area contributed by atoms with Crippen molar-refractivity contribution in [1.82, 2.24) is 15.1 Å². The van der Waals surface area contributed by atoms with Crippen molar-refractivity contribution in [3.05, 3.63) is 29.3 Å². The minimum absolute atomic E-state index is 0.380. The second-order valence-electron chi connectivity index (χ2n) is 4.70. The molecule has 3 heterocycles. The lowest BCUT2D eigenvalue weighted by atomic mass is 10.3. The number of ether oxygens (including phenoxy) is 1. The molecule has 0 saturated carbocycles. The first-order valence-electron chi connectivity index (χ1n) is 6.38. The Balaban J connectivity index is 1.66. The number of rotatable bonds is 3. The van der Waals surface area contributed by atoms with Gasteiger partial charge in [0.2, 0.25) is 0 Å². The van der Waals surface area contributed by atoms with Crippen LogP contribution in [0.1, 0.15) is 4.88 Å². The molecule has 0 radical (unpaired) electrons. The van der Waals surface area contributed by atoms with Gasteiger partial charge in [0.25, 0.3) is 0 Å². The summed E-state index contributed by atoms with van der Waals surface area (Å²) in [7, 11) is 0. The van der Waals surface area contributed by atoms with Crippen LogP contribution >= 0.6 is 11.3 Å². The van der Waals surface area contributed by atoms with Crippen LogP contribution < -0.4 is 0 Å². The summed E-state index contributed by atoms with van der Waals surface area (Å²) in [5, 5.41) is 16.7. The van der Waals surface area contributed by atoms with Crippen LogP contribution in [-0.4, -0.2) is 52.6 Å². The SMILES string of the molecule is OC1COCCN(Cc2ccc(-c3ccn[nH]3)s2)C1. The van der Waals surface area contributed by atoms with Crippen molar-refractivity contribution in [3.8, 4) is 10.6 Å². The average Bonchev–Trinajstić information content (AvgIpc) is 3.01. The maximum Gasteiger partial charge on any atom is 0.0900 e. The van der Waals surface area contributed by atoms with Gasteiger partial charge >= 0.3 is 0 Å². The second-order valence-corrected chi connectivity index (χ2v) is 5.87. The lowest BCUT2D eigenvalue weighted by Gasteiger charge is -2.19. The Morgan fingerprint density at radius 2 is 2.42 bits per heavy atom. The van der Waals surface area contributed by atoms with Crippen LogP contribution in [0.5, 0.6) is 0 Å². The minimum Gasteiger partial charge on any atom is -0.389 e. The van der Waals surface area contributed by atoms with Crippen LogP contribution in [0.2, 0.25) is 0 Å². The van der Waals surface area contributed by atoms with Gasteiger partial charge in [-0.05, 0) is 18.2 Å². The van der Waals surface area contributed by atoms with E-state index in [1.54, 1.807) is 17.5 Å². The van der Waals surface area contributed by atoms with Crippen LogP contribution in [0, 0.1) is 0 Å². The van der Waals surface area contributed by atoms with Crippen molar-refractivity contribution in [2.24, 2.45) is 0 Å². The number of hydrogen-bond donors (Lipinski definition) is 2. The maximum absolute atomic E-state index is 9.72. The Hall–Kier alpha value is -1.21. The van der Waals surface area contributed by atoms with E-state index < -0.39 is 0 Å². The fourth-order valence-electron chi connectivity index (χ4n) is 2.22. The summed E-state index contributed by atoms with van der Waals surface area (Å²) >= 11 is 1.76. The molecule has 0 spiro atoms. The molecule has 1 fully saturated rings. The molecule has 0 aliphatic carbocycles. The van der Waals surface area contributed by atoms with E-state index in [0.717, 1.165) is 18.8 Å². The molecule has 1 saturated heterocycles. The molecule has 19 heavy (non-hydrogen) atoms. The Kier molecular flexibility index (Phi) is 3.93. The average molecular weight is 279 g/mol. The molecule has 2 N–H and O–H groups in total. The summed E-state index contributed by atoms with van der Waals surface area (Å²) in [6, 6.07) is 6.22. The number of aliphatic hydroxyl groups is 1. The zero-order valence-electron chi connectivity index (χ0n) is 10.6. The van der Waals surface area contributed by atoms with Crippen molar-refractivity contribution in [2.45, 2.75) is 12.6 Å².